The molecule has 21 heavy (non-hydrogen) atoms. The average Bonchev–Trinajstić information content (AvgIpc) is 2.76. The topological polar surface area (TPSA) is 66.9 Å². The van der Waals surface area contributed by atoms with Gasteiger partial charge in [-0.2, -0.15) is 0 Å². The summed E-state index contributed by atoms with van der Waals surface area (Å²) >= 11 is 1.51. The zero-order valence-corrected chi connectivity index (χ0v) is 13.3. The monoisotopic (exact) mass is 304 g/mol. The molecule has 0 unspecified atom stereocenters. The summed E-state index contributed by atoms with van der Waals surface area (Å²) in [6, 6.07) is 5.40. The molecule has 0 aromatic carbocycles. The van der Waals surface area contributed by atoms with E-state index in [1.54, 1.807) is 6.20 Å². The number of anilines is 1. The number of aryl methyl sites for hydroxylation is 1. The van der Waals surface area contributed by atoms with Gasteiger partial charge in [0.15, 0.2) is 0 Å². The van der Waals surface area contributed by atoms with Gasteiger partial charge in [-0.05, 0) is 31.4 Å². The molecule has 0 fully saturated rings. The van der Waals surface area contributed by atoms with Gasteiger partial charge < -0.3 is 5.32 Å². The van der Waals surface area contributed by atoms with Crippen molar-refractivity contribution in [3.8, 4) is 0 Å². The molecule has 2 heterocycles. The molecule has 0 saturated carbocycles. The second-order valence-corrected chi connectivity index (χ2v) is 6.44. The lowest BCUT2D eigenvalue weighted by molar-refractivity contribution is 0.251. The summed E-state index contributed by atoms with van der Waals surface area (Å²) in [5.41, 5.74) is 1.79. The van der Waals surface area contributed by atoms with Crippen LogP contribution in [0.1, 0.15) is 30.2 Å². The highest BCUT2D eigenvalue weighted by Crippen LogP contribution is 2.26. The summed E-state index contributed by atoms with van der Waals surface area (Å²) in [7, 11) is 0. The molecule has 2 N–H and O–H groups in total. The number of carbonyl (C=O) groups is 1. The van der Waals surface area contributed by atoms with Crippen molar-refractivity contribution in [2.24, 2.45) is 5.92 Å². The number of hydrogen-bond donors (Lipinski definition) is 2. The predicted molar refractivity (Wildman–Crippen MR) is 85.5 cm³/mol. The molecule has 5 nitrogen and oxygen atoms in total. The lowest BCUT2D eigenvalue weighted by Crippen LogP contribution is -2.28. The molecule has 2 rings (SSSR count). The van der Waals surface area contributed by atoms with E-state index in [4.69, 9.17) is 0 Å². The van der Waals surface area contributed by atoms with Gasteiger partial charge in [0, 0.05) is 6.20 Å². The number of aromatic nitrogens is 2. The van der Waals surface area contributed by atoms with Crippen LogP contribution < -0.4 is 10.6 Å². The Labute approximate surface area is 128 Å². The molecule has 0 saturated heterocycles. The predicted octanol–water partition coefficient (Wildman–Crippen LogP) is 3.37. The first kappa shape index (κ1) is 15.4. The van der Waals surface area contributed by atoms with Crippen molar-refractivity contribution in [1.82, 2.24) is 15.3 Å². The van der Waals surface area contributed by atoms with Gasteiger partial charge in [0.2, 0.25) is 0 Å². The van der Waals surface area contributed by atoms with Crippen molar-refractivity contribution < 1.29 is 4.79 Å². The SMILES string of the molecule is Cc1nc(CC(C)C)c(NC(=O)NCc2ccccn2)s1. The number of urea groups is 1. The normalized spacial score (nSPS) is 10.7. The van der Waals surface area contributed by atoms with Gasteiger partial charge in [0.05, 0.1) is 22.9 Å². The Morgan fingerprint density at radius 2 is 2.19 bits per heavy atom. The molecular formula is C15H20N4OS. The highest BCUT2D eigenvalue weighted by molar-refractivity contribution is 7.16. The molecule has 6 heteroatoms. The van der Waals surface area contributed by atoms with E-state index in [-0.39, 0.29) is 6.03 Å². The van der Waals surface area contributed by atoms with Crippen molar-refractivity contribution in [1.29, 1.82) is 0 Å². The lowest BCUT2D eigenvalue weighted by atomic mass is 10.1. The standard InChI is InChI=1S/C15H20N4OS/c1-10(2)8-13-14(21-11(3)18-13)19-15(20)17-9-12-6-4-5-7-16-12/h4-7,10H,8-9H2,1-3H3,(H2,17,19,20). The van der Waals surface area contributed by atoms with Crippen LogP contribution in [-0.2, 0) is 13.0 Å². The van der Waals surface area contributed by atoms with Crippen LogP contribution in [0.4, 0.5) is 9.80 Å². The molecule has 0 bridgehead atoms. The maximum Gasteiger partial charge on any atom is 0.320 e. The first-order chi connectivity index (χ1) is 10.0. The molecule has 112 valence electrons. The summed E-state index contributed by atoms with van der Waals surface area (Å²) in [4.78, 5) is 20.6. The number of hydrogen-bond acceptors (Lipinski definition) is 4. The number of carbonyl (C=O) groups excluding carboxylic acids is 1. The van der Waals surface area contributed by atoms with Gasteiger partial charge >= 0.3 is 6.03 Å². The van der Waals surface area contributed by atoms with Crippen LogP contribution in [0.15, 0.2) is 24.4 Å². The number of nitrogens with zero attached hydrogens (tertiary/aromatic N) is 2. The molecule has 2 aromatic rings. The van der Waals surface area contributed by atoms with Gasteiger partial charge in [-0.25, -0.2) is 9.78 Å². The zero-order chi connectivity index (χ0) is 15.2. The lowest BCUT2D eigenvalue weighted by Gasteiger charge is -2.08. The second kappa shape index (κ2) is 7.17. The van der Waals surface area contributed by atoms with E-state index in [0.717, 1.165) is 27.8 Å². The fourth-order valence-electron chi connectivity index (χ4n) is 1.91. The Morgan fingerprint density at radius 3 is 2.86 bits per heavy atom. The van der Waals surface area contributed by atoms with E-state index < -0.39 is 0 Å². The second-order valence-electron chi connectivity index (χ2n) is 5.24. The van der Waals surface area contributed by atoms with Gasteiger partial charge in [-0.15, -0.1) is 11.3 Å². The number of nitrogens with one attached hydrogen (secondary N) is 2. The Kier molecular flexibility index (Phi) is 5.27. The van der Waals surface area contributed by atoms with Crippen LogP contribution in [0.25, 0.3) is 0 Å². The Morgan fingerprint density at radius 1 is 1.38 bits per heavy atom. The Hall–Kier alpha value is -1.95. The zero-order valence-electron chi connectivity index (χ0n) is 12.5. The summed E-state index contributed by atoms with van der Waals surface area (Å²) in [6.45, 7) is 6.63. The van der Waals surface area contributed by atoms with Gasteiger partial charge in [0.1, 0.15) is 5.00 Å². The number of thiazole rings is 1. The van der Waals surface area contributed by atoms with Crippen molar-refractivity contribution >= 4 is 22.4 Å². The van der Waals surface area contributed by atoms with Gasteiger partial charge in [-0.3, -0.25) is 10.3 Å². The molecule has 0 aliphatic rings. The molecule has 0 aliphatic heterocycles. The van der Waals surface area contributed by atoms with Crippen molar-refractivity contribution in [2.45, 2.75) is 33.7 Å². The van der Waals surface area contributed by atoms with E-state index in [1.165, 1.54) is 11.3 Å². The third-order valence-electron chi connectivity index (χ3n) is 2.79. The van der Waals surface area contributed by atoms with E-state index in [0.29, 0.717) is 12.5 Å². The Bertz CT molecular complexity index is 595. The summed E-state index contributed by atoms with van der Waals surface area (Å²) < 4.78 is 0. The minimum absolute atomic E-state index is 0.227. The van der Waals surface area contributed by atoms with Crippen LogP contribution in [0.3, 0.4) is 0 Å². The van der Waals surface area contributed by atoms with Crippen LogP contribution >= 0.6 is 11.3 Å². The van der Waals surface area contributed by atoms with E-state index in [9.17, 15) is 4.79 Å². The molecular weight excluding hydrogens is 284 g/mol. The van der Waals surface area contributed by atoms with Crippen LogP contribution in [0, 0.1) is 12.8 Å². The van der Waals surface area contributed by atoms with E-state index in [2.05, 4.69) is 34.4 Å². The van der Waals surface area contributed by atoms with Crippen molar-refractivity contribution in [3.63, 3.8) is 0 Å². The first-order valence-corrected chi connectivity index (χ1v) is 7.77. The van der Waals surface area contributed by atoms with Crippen LogP contribution in [0.5, 0.6) is 0 Å². The molecule has 0 aliphatic carbocycles. The van der Waals surface area contributed by atoms with Crippen molar-refractivity contribution in [2.75, 3.05) is 5.32 Å². The number of amides is 2. The maximum atomic E-state index is 12.0. The molecule has 2 aromatic heterocycles. The summed E-state index contributed by atoms with van der Waals surface area (Å²) in [5.74, 6) is 0.503. The first-order valence-electron chi connectivity index (χ1n) is 6.95. The Balaban J connectivity index is 1.93. The third kappa shape index (κ3) is 4.82. The van der Waals surface area contributed by atoms with E-state index in [1.807, 2.05) is 25.1 Å². The van der Waals surface area contributed by atoms with Gasteiger partial charge in [-0.1, -0.05) is 19.9 Å². The van der Waals surface area contributed by atoms with E-state index >= 15 is 0 Å². The molecule has 0 atom stereocenters. The maximum absolute atomic E-state index is 12.0. The smallest absolute Gasteiger partial charge is 0.320 e. The quantitative estimate of drug-likeness (QED) is 0.890. The summed E-state index contributed by atoms with van der Waals surface area (Å²) in [6.07, 6.45) is 2.57. The molecule has 0 radical (unpaired) electrons. The number of rotatable bonds is 5. The molecule has 2 amide bonds. The minimum atomic E-state index is -0.227. The fraction of sp³-hybridized carbons (Fsp3) is 0.400. The minimum Gasteiger partial charge on any atom is -0.332 e. The van der Waals surface area contributed by atoms with Gasteiger partial charge in [0.25, 0.3) is 0 Å². The highest BCUT2D eigenvalue weighted by atomic mass is 32.1. The highest BCUT2D eigenvalue weighted by Gasteiger charge is 2.13. The largest absolute Gasteiger partial charge is 0.332 e. The average molecular weight is 304 g/mol. The third-order valence-corrected chi connectivity index (χ3v) is 3.72. The van der Waals surface area contributed by atoms with Crippen molar-refractivity contribution in [3.05, 3.63) is 40.8 Å². The summed E-state index contributed by atoms with van der Waals surface area (Å²) in [5, 5.41) is 7.49. The van der Waals surface area contributed by atoms with Crippen LogP contribution in [0.2, 0.25) is 0 Å². The fourth-order valence-corrected chi connectivity index (χ4v) is 2.76. The van der Waals surface area contributed by atoms with Crippen LogP contribution in [-0.4, -0.2) is 16.0 Å². The molecule has 0 spiro atoms. The number of pyridine rings is 1.